The fraction of sp³-hybridized carbons (Fsp3) is 0.259. The summed E-state index contributed by atoms with van der Waals surface area (Å²) in [4.78, 5) is 12.4. The van der Waals surface area contributed by atoms with Crippen LogP contribution in [0.5, 0.6) is 6.01 Å². The summed E-state index contributed by atoms with van der Waals surface area (Å²) in [5.41, 5.74) is 5.10. The highest BCUT2D eigenvalue weighted by Crippen LogP contribution is 2.33. The molecule has 1 unspecified atom stereocenters. The van der Waals surface area contributed by atoms with Crippen molar-refractivity contribution >= 4 is 22.8 Å². The van der Waals surface area contributed by atoms with E-state index in [-0.39, 0.29) is 24.4 Å². The van der Waals surface area contributed by atoms with Gasteiger partial charge in [-0.25, -0.2) is 4.98 Å². The summed E-state index contributed by atoms with van der Waals surface area (Å²) in [6, 6.07) is 20.6. The number of halogens is 1. The molecule has 2 aliphatic heterocycles. The Kier molecular flexibility index (Phi) is 6.00. The summed E-state index contributed by atoms with van der Waals surface area (Å²) in [7, 11) is 0. The molecule has 1 N–H and O–H groups in total. The van der Waals surface area contributed by atoms with Crippen molar-refractivity contribution < 1.29 is 18.9 Å². The molecular weight excluding hydrogens is 466 g/mol. The first-order valence-electron chi connectivity index (χ1n) is 11.5. The molecule has 0 aliphatic carbocycles. The minimum absolute atomic E-state index is 0.126. The van der Waals surface area contributed by atoms with Crippen LogP contribution in [0.25, 0.3) is 33.5 Å². The summed E-state index contributed by atoms with van der Waals surface area (Å²) >= 11 is 6.59. The maximum Gasteiger partial charge on any atom is 0.296 e. The first-order chi connectivity index (χ1) is 17.2. The van der Waals surface area contributed by atoms with E-state index in [0.29, 0.717) is 47.7 Å². The second-order valence-electron chi connectivity index (χ2n) is 8.59. The number of hydrogen-bond acceptors (Lipinski definition) is 6. The molecule has 0 saturated carbocycles. The highest BCUT2D eigenvalue weighted by Gasteiger charge is 2.49. The van der Waals surface area contributed by atoms with Crippen LogP contribution in [0.1, 0.15) is 0 Å². The molecule has 178 valence electrons. The van der Waals surface area contributed by atoms with Gasteiger partial charge in [0, 0.05) is 5.56 Å². The molecule has 4 atom stereocenters. The van der Waals surface area contributed by atoms with E-state index in [4.69, 9.17) is 35.5 Å². The number of nitrogens with one attached hydrogen (secondary N) is 1. The Bertz CT molecular complexity index is 1340. The third-order valence-electron chi connectivity index (χ3n) is 6.32. The van der Waals surface area contributed by atoms with Crippen molar-refractivity contribution in [3.05, 3.63) is 78.3 Å². The molecule has 0 amide bonds. The number of nitrogens with zero attached hydrogens (tertiary/aromatic N) is 2. The fourth-order valence-electron chi connectivity index (χ4n) is 4.61. The molecule has 2 fully saturated rings. The van der Waals surface area contributed by atoms with Gasteiger partial charge in [-0.1, -0.05) is 72.3 Å². The maximum atomic E-state index is 6.59. The molecule has 0 bridgehead atoms. The standard InChI is InChI=1S/C27H24ClN3O4/c1-2-12-32-21-14-33-25-22(15-34-24(21)25)35-27-29-20-13-19(28)23(30-26(20)31-27)18-10-8-17(9-11-18)16-6-4-3-5-7-16/h2-11,13,21-22,24-25H,1,12,14-15H2,(H,29,30,31)/t21-,22-,24-,25?/m1/s1. The molecule has 35 heavy (non-hydrogen) atoms. The van der Waals surface area contributed by atoms with E-state index < -0.39 is 0 Å². The Balaban J connectivity index is 1.20. The van der Waals surface area contributed by atoms with Gasteiger partial charge in [-0.2, -0.15) is 4.98 Å². The van der Waals surface area contributed by atoms with Gasteiger partial charge in [0.05, 0.1) is 36.1 Å². The average Bonchev–Trinajstić information content (AvgIpc) is 3.59. The summed E-state index contributed by atoms with van der Waals surface area (Å²) in [6.07, 6.45) is 0.918. The van der Waals surface area contributed by atoms with E-state index in [0.717, 1.165) is 16.7 Å². The van der Waals surface area contributed by atoms with Crippen LogP contribution >= 0.6 is 11.6 Å². The highest BCUT2D eigenvalue weighted by molar-refractivity contribution is 6.33. The van der Waals surface area contributed by atoms with Crippen LogP contribution in [0.2, 0.25) is 5.02 Å². The average molecular weight is 490 g/mol. The number of fused-ring (bicyclic) bond motifs is 2. The van der Waals surface area contributed by atoms with E-state index in [1.165, 1.54) is 0 Å². The van der Waals surface area contributed by atoms with Gasteiger partial charge in [-0.15, -0.1) is 6.58 Å². The van der Waals surface area contributed by atoms with Gasteiger partial charge in [-0.3, -0.25) is 0 Å². The molecule has 0 spiro atoms. The van der Waals surface area contributed by atoms with Gasteiger partial charge in [-0.05, 0) is 17.2 Å². The highest BCUT2D eigenvalue weighted by atomic mass is 35.5. The number of H-pyrrole nitrogens is 1. The lowest BCUT2D eigenvalue weighted by molar-refractivity contribution is -0.0262. The Morgan fingerprint density at radius 1 is 0.943 bits per heavy atom. The molecule has 0 radical (unpaired) electrons. The third-order valence-corrected chi connectivity index (χ3v) is 6.61. The number of aromatic nitrogens is 3. The maximum absolute atomic E-state index is 6.59. The fourth-order valence-corrected chi connectivity index (χ4v) is 4.87. The normalized spacial score (nSPS) is 23.5. The quantitative estimate of drug-likeness (QED) is 0.365. The molecule has 2 aromatic heterocycles. The van der Waals surface area contributed by atoms with Crippen LogP contribution in [0.3, 0.4) is 0 Å². The second-order valence-corrected chi connectivity index (χ2v) is 9.00. The Morgan fingerprint density at radius 3 is 2.40 bits per heavy atom. The van der Waals surface area contributed by atoms with Crippen LogP contribution < -0.4 is 4.74 Å². The molecule has 4 heterocycles. The first-order valence-corrected chi connectivity index (χ1v) is 11.9. The van der Waals surface area contributed by atoms with Crippen LogP contribution in [0.15, 0.2) is 73.3 Å². The molecule has 8 heteroatoms. The van der Waals surface area contributed by atoms with Gasteiger partial charge >= 0.3 is 0 Å². The zero-order chi connectivity index (χ0) is 23.8. The lowest BCUT2D eigenvalue weighted by Crippen LogP contribution is -2.35. The predicted octanol–water partition coefficient (Wildman–Crippen LogP) is 5.06. The van der Waals surface area contributed by atoms with E-state index >= 15 is 0 Å². The topological polar surface area (TPSA) is 78.5 Å². The Labute approximate surface area is 207 Å². The van der Waals surface area contributed by atoms with Crippen molar-refractivity contribution in [2.75, 3.05) is 19.8 Å². The summed E-state index contributed by atoms with van der Waals surface area (Å²) < 4.78 is 23.6. The van der Waals surface area contributed by atoms with E-state index in [2.05, 4.69) is 40.8 Å². The number of benzene rings is 2. The van der Waals surface area contributed by atoms with Crippen molar-refractivity contribution in [3.63, 3.8) is 0 Å². The Hall–Kier alpha value is -3.23. The van der Waals surface area contributed by atoms with Crippen molar-refractivity contribution in [2.45, 2.75) is 24.4 Å². The van der Waals surface area contributed by atoms with Gasteiger partial charge in [0.2, 0.25) is 0 Å². The van der Waals surface area contributed by atoms with E-state index in [9.17, 15) is 0 Å². The van der Waals surface area contributed by atoms with Crippen LogP contribution in [-0.4, -0.2) is 59.2 Å². The van der Waals surface area contributed by atoms with Gasteiger partial charge in [0.1, 0.15) is 18.3 Å². The number of ether oxygens (including phenoxy) is 4. The molecule has 2 aliphatic rings. The minimum atomic E-state index is -0.293. The minimum Gasteiger partial charge on any atom is -0.456 e. The van der Waals surface area contributed by atoms with Crippen LogP contribution in [-0.2, 0) is 14.2 Å². The largest absolute Gasteiger partial charge is 0.456 e. The molecular formula is C27H24ClN3O4. The van der Waals surface area contributed by atoms with Crippen molar-refractivity contribution in [1.82, 2.24) is 15.0 Å². The zero-order valence-electron chi connectivity index (χ0n) is 18.9. The summed E-state index contributed by atoms with van der Waals surface area (Å²) in [6.45, 7) is 5.01. The summed E-state index contributed by atoms with van der Waals surface area (Å²) in [5, 5.41) is 0.533. The van der Waals surface area contributed by atoms with Crippen LogP contribution in [0.4, 0.5) is 0 Å². The zero-order valence-corrected chi connectivity index (χ0v) is 19.6. The number of aromatic amines is 1. The smallest absolute Gasteiger partial charge is 0.296 e. The monoisotopic (exact) mass is 489 g/mol. The van der Waals surface area contributed by atoms with Crippen LogP contribution in [0, 0.1) is 0 Å². The van der Waals surface area contributed by atoms with Crippen molar-refractivity contribution in [2.24, 2.45) is 0 Å². The van der Waals surface area contributed by atoms with Gasteiger partial charge in [0.25, 0.3) is 6.01 Å². The molecule has 2 aromatic carbocycles. The molecule has 2 saturated heterocycles. The third kappa shape index (κ3) is 4.32. The number of pyridine rings is 1. The lowest BCUT2D eigenvalue weighted by atomic mass is 10.0. The number of rotatable bonds is 7. The Morgan fingerprint density at radius 2 is 1.63 bits per heavy atom. The van der Waals surface area contributed by atoms with E-state index in [1.807, 2.05) is 36.4 Å². The van der Waals surface area contributed by atoms with E-state index in [1.54, 1.807) is 6.08 Å². The lowest BCUT2D eigenvalue weighted by Gasteiger charge is -2.16. The molecule has 7 nitrogen and oxygen atoms in total. The summed E-state index contributed by atoms with van der Waals surface area (Å²) in [5.74, 6) is 0. The molecule has 4 aromatic rings. The molecule has 6 rings (SSSR count). The number of imidazole rings is 1. The van der Waals surface area contributed by atoms with Gasteiger partial charge < -0.3 is 23.9 Å². The number of hydrogen-bond donors (Lipinski definition) is 1. The predicted molar refractivity (Wildman–Crippen MR) is 134 cm³/mol. The van der Waals surface area contributed by atoms with Crippen molar-refractivity contribution in [1.29, 1.82) is 0 Å². The van der Waals surface area contributed by atoms with Gasteiger partial charge in [0.15, 0.2) is 11.8 Å². The first kappa shape index (κ1) is 22.2. The van der Waals surface area contributed by atoms with Crippen molar-refractivity contribution in [3.8, 4) is 28.4 Å². The SMILES string of the molecule is C=CCO[C@@H]1COC2[C@H](Oc3nc4nc(-c5ccc(-c6ccccc6)cc5)c(Cl)cc4[nH]3)CO[C@@H]21. The second kappa shape index (κ2) is 9.43.